The number of nitrogens with two attached hydrogens (primary N) is 1. The number of anilines is 1. The van der Waals surface area contributed by atoms with E-state index in [-0.39, 0.29) is 0 Å². The molecule has 3 N–H and O–H groups in total. The predicted octanol–water partition coefficient (Wildman–Crippen LogP) is 2.74. The van der Waals surface area contributed by atoms with Crippen LogP contribution in [0.1, 0.15) is 20.8 Å². The maximum Gasteiger partial charge on any atom is 0.145 e. The summed E-state index contributed by atoms with van der Waals surface area (Å²) in [6, 6.07) is 5.62. The Morgan fingerprint density at radius 2 is 1.78 bits per heavy atom. The summed E-state index contributed by atoms with van der Waals surface area (Å²) in [7, 11) is 3.25. The van der Waals surface area contributed by atoms with Crippen LogP contribution in [0.3, 0.4) is 0 Å². The number of hydrogen-bond acceptors (Lipinski definition) is 4. The van der Waals surface area contributed by atoms with Crippen LogP contribution in [-0.2, 0) is 0 Å². The minimum absolute atomic E-state index is 0.592. The molecule has 4 heteroatoms. The molecule has 0 unspecified atom stereocenters. The lowest BCUT2D eigenvalue weighted by molar-refractivity contribution is 0.395. The molecule has 0 fully saturated rings. The van der Waals surface area contributed by atoms with Crippen molar-refractivity contribution in [2.45, 2.75) is 20.8 Å². The summed E-state index contributed by atoms with van der Waals surface area (Å²) in [5.74, 6) is 2.37. The van der Waals surface area contributed by atoms with Gasteiger partial charge in [-0.25, -0.2) is 0 Å². The minimum atomic E-state index is 0.592. The Morgan fingerprint density at radius 3 is 2.22 bits per heavy atom. The van der Waals surface area contributed by atoms with E-state index in [1.165, 1.54) is 0 Å². The van der Waals surface area contributed by atoms with Crippen molar-refractivity contribution in [1.82, 2.24) is 0 Å². The van der Waals surface area contributed by atoms with Crippen LogP contribution in [0.2, 0.25) is 0 Å². The molecule has 0 saturated heterocycles. The smallest absolute Gasteiger partial charge is 0.145 e. The molecular formula is C14H26N2O2. The van der Waals surface area contributed by atoms with Crippen LogP contribution in [-0.4, -0.2) is 27.3 Å². The van der Waals surface area contributed by atoms with E-state index < -0.39 is 0 Å². The van der Waals surface area contributed by atoms with Gasteiger partial charge in [0.1, 0.15) is 11.5 Å². The highest BCUT2D eigenvalue weighted by molar-refractivity contribution is 5.59. The summed E-state index contributed by atoms with van der Waals surface area (Å²) in [4.78, 5) is 0. The summed E-state index contributed by atoms with van der Waals surface area (Å²) in [5, 5.41) is 3.16. The Bertz CT molecular complexity index is 325. The van der Waals surface area contributed by atoms with E-state index in [4.69, 9.17) is 15.2 Å². The summed E-state index contributed by atoms with van der Waals surface area (Å²) in [6.07, 6.45) is 0. The number of ether oxygens (including phenoxy) is 2. The molecule has 0 aliphatic carbocycles. The van der Waals surface area contributed by atoms with Crippen LogP contribution in [0.5, 0.6) is 11.5 Å². The normalized spacial score (nSPS) is 9.50. The van der Waals surface area contributed by atoms with Gasteiger partial charge in [-0.3, -0.25) is 0 Å². The zero-order valence-electron chi connectivity index (χ0n) is 12.1. The number of rotatable bonds is 5. The largest absolute Gasteiger partial charge is 0.497 e. The van der Waals surface area contributed by atoms with Crippen LogP contribution in [0.4, 0.5) is 5.69 Å². The average molecular weight is 254 g/mol. The first-order chi connectivity index (χ1) is 8.54. The molecule has 0 radical (unpaired) electrons. The van der Waals surface area contributed by atoms with Crippen molar-refractivity contribution in [2.75, 3.05) is 32.6 Å². The van der Waals surface area contributed by atoms with Crippen LogP contribution in [0, 0.1) is 5.92 Å². The second-order valence-corrected chi connectivity index (χ2v) is 4.51. The quantitative estimate of drug-likeness (QED) is 0.848. The van der Waals surface area contributed by atoms with E-state index in [1.54, 1.807) is 14.2 Å². The molecule has 1 rings (SSSR count). The van der Waals surface area contributed by atoms with E-state index >= 15 is 0 Å². The fraction of sp³-hybridized carbons (Fsp3) is 0.571. The molecule has 0 heterocycles. The third kappa shape index (κ3) is 7.01. The lowest BCUT2D eigenvalue weighted by Gasteiger charge is -2.11. The molecule has 4 nitrogen and oxygen atoms in total. The van der Waals surface area contributed by atoms with E-state index in [0.29, 0.717) is 6.54 Å². The topological polar surface area (TPSA) is 56.5 Å². The van der Waals surface area contributed by atoms with Gasteiger partial charge < -0.3 is 20.5 Å². The Hall–Kier alpha value is -1.42. The molecule has 0 atom stereocenters. The molecule has 0 aromatic heterocycles. The van der Waals surface area contributed by atoms with E-state index in [9.17, 15) is 0 Å². The summed E-state index contributed by atoms with van der Waals surface area (Å²) >= 11 is 0. The lowest BCUT2D eigenvalue weighted by Crippen LogP contribution is -2.13. The zero-order chi connectivity index (χ0) is 14.0. The van der Waals surface area contributed by atoms with Gasteiger partial charge in [-0.15, -0.1) is 0 Å². The molecule has 18 heavy (non-hydrogen) atoms. The Labute approximate surface area is 110 Å². The second kappa shape index (κ2) is 9.59. The van der Waals surface area contributed by atoms with Gasteiger partial charge in [0.05, 0.1) is 19.9 Å². The van der Waals surface area contributed by atoms with E-state index in [2.05, 4.69) is 26.1 Å². The van der Waals surface area contributed by atoms with Crippen LogP contribution < -0.4 is 20.5 Å². The predicted molar refractivity (Wildman–Crippen MR) is 77.6 cm³/mol. The fourth-order valence-corrected chi connectivity index (χ4v) is 1.15. The van der Waals surface area contributed by atoms with Gasteiger partial charge in [0.2, 0.25) is 0 Å². The molecule has 104 valence electrons. The highest BCUT2D eigenvalue weighted by atomic mass is 16.5. The van der Waals surface area contributed by atoms with Crippen molar-refractivity contribution in [1.29, 1.82) is 0 Å². The average Bonchev–Trinajstić information content (AvgIpc) is 2.35. The molecule has 0 bridgehead atoms. The number of hydrogen-bond donors (Lipinski definition) is 2. The molecule has 0 aliphatic heterocycles. The van der Waals surface area contributed by atoms with Crippen molar-refractivity contribution in [3.63, 3.8) is 0 Å². The highest BCUT2D eigenvalue weighted by Crippen LogP contribution is 2.28. The number of nitrogens with one attached hydrogen (secondary N) is 1. The summed E-state index contributed by atoms with van der Waals surface area (Å²) < 4.78 is 10.3. The van der Waals surface area contributed by atoms with Gasteiger partial charge in [-0.05, 0) is 18.1 Å². The molecule has 0 aliphatic rings. The highest BCUT2D eigenvalue weighted by Gasteiger charge is 2.03. The van der Waals surface area contributed by atoms with Gasteiger partial charge in [0.15, 0.2) is 0 Å². The van der Waals surface area contributed by atoms with Crippen LogP contribution >= 0.6 is 0 Å². The molecule has 1 aromatic carbocycles. The maximum atomic E-state index is 5.40. The van der Waals surface area contributed by atoms with Crippen molar-refractivity contribution in [3.8, 4) is 11.5 Å². The van der Waals surface area contributed by atoms with E-state index in [0.717, 1.165) is 29.6 Å². The van der Waals surface area contributed by atoms with Crippen LogP contribution in [0.15, 0.2) is 18.2 Å². The van der Waals surface area contributed by atoms with Crippen LogP contribution in [0.25, 0.3) is 0 Å². The monoisotopic (exact) mass is 254 g/mol. The van der Waals surface area contributed by atoms with Crippen molar-refractivity contribution < 1.29 is 9.47 Å². The Kier molecular flexibility index (Phi) is 8.84. The molecule has 0 amide bonds. The number of methoxy groups -OCH3 is 2. The lowest BCUT2D eigenvalue weighted by atomic mass is 10.2. The van der Waals surface area contributed by atoms with Gasteiger partial charge in [0, 0.05) is 19.2 Å². The van der Waals surface area contributed by atoms with Crippen molar-refractivity contribution in [2.24, 2.45) is 11.7 Å². The van der Waals surface area contributed by atoms with Crippen molar-refractivity contribution >= 4 is 5.69 Å². The summed E-state index contributed by atoms with van der Waals surface area (Å²) in [6.45, 7) is 7.82. The first-order valence-corrected chi connectivity index (χ1v) is 6.21. The first kappa shape index (κ1) is 16.6. The second-order valence-electron chi connectivity index (χ2n) is 4.51. The van der Waals surface area contributed by atoms with Gasteiger partial charge in [-0.2, -0.15) is 0 Å². The third-order valence-corrected chi connectivity index (χ3v) is 1.87. The summed E-state index contributed by atoms with van der Waals surface area (Å²) in [5.41, 5.74) is 6.33. The standard InChI is InChI=1S/C10H16N2O2.C4H10/c1-13-8-3-4-9(12-6-5-11)10(7-8)14-2;1-4(2)3/h3-4,7,12H,5-6,11H2,1-2H3;4H,1-3H3. The number of benzene rings is 1. The Morgan fingerprint density at radius 1 is 1.17 bits per heavy atom. The molecular weight excluding hydrogens is 228 g/mol. The molecule has 0 saturated carbocycles. The SMILES string of the molecule is CC(C)C.COc1ccc(NCCN)c(OC)c1. The van der Waals surface area contributed by atoms with Crippen molar-refractivity contribution in [3.05, 3.63) is 18.2 Å². The van der Waals surface area contributed by atoms with Gasteiger partial charge in [0.25, 0.3) is 0 Å². The zero-order valence-corrected chi connectivity index (χ0v) is 12.1. The fourth-order valence-electron chi connectivity index (χ4n) is 1.15. The third-order valence-electron chi connectivity index (χ3n) is 1.87. The first-order valence-electron chi connectivity index (χ1n) is 6.21. The van der Waals surface area contributed by atoms with E-state index in [1.807, 2.05) is 18.2 Å². The van der Waals surface area contributed by atoms with Gasteiger partial charge in [-0.1, -0.05) is 20.8 Å². The molecule has 0 spiro atoms. The molecule has 1 aromatic rings. The minimum Gasteiger partial charge on any atom is -0.497 e. The maximum absolute atomic E-state index is 5.40. The Balaban J connectivity index is 0.000000631. The van der Waals surface area contributed by atoms with Gasteiger partial charge >= 0.3 is 0 Å².